The number of aliphatic hydroxyl groups is 1. The fraction of sp³-hybridized carbons (Fsp3) is 0.364. The van der Waals surface area contributed by atoms with Crippen molar-refractivity contribution in [3.63, 3.8) is 0 Å². The van der Waals surface area contributed by atoms with E-state index in [0.717, 1.165) is 6.07 Å². The number of rotatable bonds is 6. The van der Waals surface area contributed by atoms with Crippen LogP contribution in [0.1, 0.15) is 0 Å². The van der Waals surface area contributed by atoms with Crippen LogP contribution < -0.4 is 14.8 Å². The van der Waals surface area contributed by atoms with Gasteiger partial charge in [0, 0.05) is 6.54 Å². The minimum absolute atomic E-state index is 0.0445. The molecule has 1 aromatic rings. The molecule has 1 rings (SSSR count). The molecule has 0 saturated heterocycles. The molecule has 2 N–H and O–H groups in total. The number of ether oxygens (including phenoxy) is 2. The zero-order valence-electron chi connectivity index (χ0n) is 10.0. The van der Waals surface area contributed by atoms with Crippen LogP contribution in [0.5, 0.6) is 11.5 Å². The van der Waals surface area contributed by atoms with E-state index in [1.54, 1.807) is 0 Å². The van der Waals surface area contributed by atoms with E-state index in [-0.39, 0.29) is 30.0 Å². The van der Waals surface area contributed by atoms with Gasteiger partial charge in [-0.15, -0.1) is 13.2 Å². The first kappa shape index (κ1) is 16.6. The summed E-state index contributed by atoms with van der Waals surface area (Å²) in [4.78, 5) is 11.2. The summed E-state index contributed by atoms with van der Waals surface area (Å²) in [7, 11) is 0. The molecule has 20 heavy (non-hydrogen) atoms. The van der Waals surface area contributed by atoms with E-state index in [4.69, 9.17) is 9.84 Å². The molecule has 0 aliphatic carbocycles. The minimum Gasteiger partial charge on any atom is -0.484 e. The highest BCUT2D eigenvalue weighted by Crippen LogP contribution is 2.33. The summed E-state index contributed by atoms with van der Waals surface area (Å²) in [5, 5.41) is 10.9. The van der Waals surface area contributed by atoms with Crippen LogP contribution in [-0.2, 0) is 4.79 Å². The van der Waals surface area contributed by atoms with Gasteiger partial charge in [-0.05, 0) is 34.1 Å². The molecule has 0 fully saturated rings. The Morgan fingerprint density at radius 3 is 2.65 bits per heavy atom. The summed E-state index contributed by atoms with van der Waals surface area (Å²) in [6.45, 7) is -0.406. The predicted octanol–water partition coefficient (Wildman–Crippen LogP) is 1.84. The first-order chi connectivity index (χ1) is 9.31. The third-order valence-corrected chi connectivity index (χ3v) is 2.55. The van der Waals surface area contributed by atoms with Crippen LogP contribution in [0, 0.1) is 0 Å². The summed E-state index contributed by atoms with van der Waals surface area (Å²) >= 11 is 2.91. The summed E-state index contributed by atoms with van der Waals surface area (Å²) in [5.74, 6) is -0.661. The van der Waals surface area contributed by atoms with E-state index in [0.29, 0.717) is 0 Å². The van der Waals surface area contributed by atoms with Gasteiger partial charge in [0.2, 0.25) is 0 Å². The molecule has 0 aromatic heterocycles. The molecule has 0 atom stereocenters. The maximum Gasteiger partial charge on any atom is 0.573 e. The Hall–Kier alpha value is -1.48. The number of nitrogens with one attached hydrogen (secondary N) is 1. The largest absolute Gasteiger partial charge is 0.573 e. The maximum absolute atomic E-state index is 12.0. The van der Waals surface area contributed by atoms with E-state index in [2.05, 4.69) is 26.0 Å². The molecule has 1 aromatic carbocycles. The van der Waals surface area contributed by atoms with Gasteiger partial charge in [-0.1, -0.05) is 0 Å². The number of amides is 1. The third-order valence-electron chi connectivity index (χ3n) is 1.93. The van der Waals surface area contributed by atoms with Gasteiger partial charge in [0.15, 0.2) is 6.61 Å². The van der Waals surface area contributed by atoms with Crippen molar-refractivity contribution in [3.05, 3.63) is 22.7 Å². The fourth-order valence-electron chi connectivity index (χ4n) is 1.17. The highest BCUT2D eigenvalue weighted by atomic mass is 79.9. The van der Waals surface area contributed by atoms with Gasteiger partial charge in [-0.3, -0.25) is 4.79 Å². The van der Waals surface area contributed by atoms with Gasteiger partial charge < -0.3 is 19.9 Å². The molecule has 1 amide bonds. The lowest BCUT2D eigenvalue weighted by Gasteiger charge is -2.12. The van der Waals surface area contributed by atoms with Crippen molar-refractivity contribution >= 4 is 21.8 Å². The van der Waals surface area contributed by atoms with E-state index >= 15 is 0 Å². The Balaban J connectivity index is 2.57. The Morgan fingerprint density at radius 2 is 2.10 bits per heavy atom. The number of halogens is 4. The second kappa shape index (κ2) is 7.34. The lowest BCUT2D eigenvalue weighted by molar-refractivity contribution is -0.274. The van der Waals surface area contributed by atoms with E-state index < -0.39 is 18.0 Å². The van der Waals surface area contributed by atoms with Gasteiger partial charge in [0.25, 0.3) is 5.91 Å². The first-order valence-corrected chi connectivity index (χ1v) is 6.17. The van der Waals surface area contributed by atoms with Crippen LogP contribution in [-0.4, -0.2) is 37.1 Å². The number of alkyl halides is 3. The van der Waals surface area contributed by atoms with Crippen molar-refractivity contribution in [2.75, 3.05) is 19.8 Å². The number of carbonyl (C=O) groups is 1. The van der Waals surface area contributed by atoms with Crippen LogP contribution >= 0.6 is 15.9 Å². The summed E-state index contributed by atoms with van der Waals surface area (Å²) in [5.41, 5.74) is 0. The maximum atomic E-state index is 12.0. The summed E-state index contributed by atoms with van der Waals surface area (Å²) in [6.07, 6.45) is -4.78. The van der Waals surface area contributed by atoms with Gasteiger partial charge in [-0.25, -0.2) is 0 Å². The molecule has 0 aliphatic rings. The van der Waals surface area contributed by atoms with Gasteiger partial charge in [0.1, 0.15) is 11.5 Å². The quantitative estimate of drug-likeness (QED) is 0.815. The second-order valence-electron chi connectivity index (χ2n) is 3.50. The normalized spacial score (nSPS) is 11.1. The highest BCUT2D eigenvalue weighted by molar-refractivity contribution is 9.10. The number of aliphatic hydroxyl groups excluding tert-OH is 1. The van der Waals surface area contributed by atoms with Crippen LogP contribution in [0.4, 0.5) is 13.2 Å². The van der Waals surface area contributed by atoms with Crippen molar-refractivity contribution in [2.24, 2.45) is 0 Å². The van der Waals surface area contributed by atoms with E-state index in [1.165, 1.54) is 12.1 Å². The molecular formula is C11H11BrF3NO4. The lowest BCUT2D eigenvalue weighted by Crippen LogP contribution is -2.31. The molecule has 5 nitrogen and oxygen atoms in total. The molecule has 0 bridgehead atoms. The lowest BCUT2D eigenvalue weighted by atomic mass is 10.3. The summed E-state index contributed by atoms with van der Waals surface area (Å²) < 4.78 is 45.0. The molecule has 9 heteroatoms. The van der Waals surface area contributed by atoms with Crippen molar-refractivity contribution in [1.29, 1.82) is 0 Å². The standard InChI is InChI=1S/C11H11BrF3NO4/c12-8-5-7(19-6-10(18)16-3-4-17)1-2-9(8)20-11(13,14)15/h1-2,5,17H,3-4,6H2,(H,16,18). The summed E-state index contributed by atoms with van der Waals surface area (Å²) in [6, 6.07) is 3.56. The monoisotopic (exact) mass is 357 g/mol. The van der Waals surface area contributed by atoms with E-state index in [9.17, 15) is 18.0 Å². The van der Waals surface area contributed by atoms with Crippen molar-refractivity contribution in [3.8, 4) is 11.5 Å². The molecule has 112 valence electrons. The van der Waals surface area contributed by atoms with Crippen LogP contribution in [0.2, 0.25) is 0 Å². The molecule has 0 heterocycles. The molecular weight excluding hydrogens is 347 g/mol. The Bertz CT molecular complexity index is 467. The number of carbonyl (C=O) groups excluding carboxylic acids is 1. The van der Waals surface area contributed by atoms with Crippen LogP contribution in [0.25, 0.3) is 0 Å². The average Bonchev–Trinajstić information content (AvgIpc) is 2.35. The highest BCUT2D eigenvalue weighted by Gasteiger charge is 2.31. The van der Waals surface area contributed by atoms with Gasteiger partial charge >= 0.3 is 6.36 Å². The third kappa shape index (κ3) is 6.11. The Kier molecular flexibility index (Phi) is 6.08. The number of hydrogen-bond acceptors (Lipinski definition) is 4. The zero-order valence-corrected chi connectivity index (χ0v) is 11.6. The van der Waals surface area contributed by atoms with Crippen molar-refractivity contribution in [1.82, 2.24) is 5.32 Å². The molecule has 0 aliphatic heterocycles. The molecule has 0 radical (unpaired) electrons. The smallest absolute Gasteiger partial charge is 0.484 e. The first-order valence-electron chi connectivity index (χ1n) is 5.37. The van der Waals surface area contributed by atoms with Gasteiger partial charge in [-0.2, -0.15) is 0 Å². The SMILES string of the molecule is O=C(COc1ccc(OC(F)(F)F)c(Br)c1)NCCO. The Morgan fingerprint density at radius 1 is 1.40 bits per heavy atom. The zero-order chi connectivity index (χ0) is 15.2. The van der Waals surface area contributed by atoms with Crippen molar-refractivity contribution in [2.45, 2.75) is 6.36 Å². The number of benzene rings is 1. The molecule has 0 unspecified atom stereocenters. The predicted molar refractivity (Wildman–Crippen MR) is 66.4 cm³/mol. The fourth-order valence-corrected chi connectivity index (χ4v) is 1.61. The molecule has 0 spiro atoms. The Labute approximate surface area is 120 Å². The minimum atomic E-state index is -4.78. The topological polar surface area (TPSA) is 67.8 Å². The second-order valence-corrected chi connectivity index (χ2v) is 4.36. The van der Waals surface area contributed by atoms with Gasteiger partial charge in [0.05, 0.1) is 11.1 Å². The van der Waals surface area contributed by atoms with Crippen LogP contribution in [0.15, 0.2) is 22.7 Å². The average molecular weight is 358 g/mol. The molecule has 0 saturated carbocycles. The van der Waals surface area contributed by atoms with Crippen molar-refractivity contribution < 1.29 is 32.5 Å². The van der Waals surface area contributed by atoms with Crippen LogP contribution in [0.3, 0.4) is 0 Å². The van der Waals surface area contributed by atoms with E-state index in [1.807, 2.05) is 0 Å². The number of hydrogen-bond donors (Lipinski definition) is 2.